The van der Waals surface area contributed by atoms with Crippen LogP contribution in [0.4, 0.5) is 11.6 Å². The summed E-state index contributed by atoms with van der Waals surface area (Å²) in [5.41, 5.74) is 6.33. The zero-order chi connectivity index (χ0) is 38.6. The SMILES string of the molecule is CCCCOc1cc2nc(c1)C#Cc1cccc(n1)NC(=O)CCc1ccc(cc1)C(C)(CC(C)C)c1ccc(cc1)CCC(=O)Nc1cccc(n1)C#C2. The Bertz CT molecular complexity index is 2110. The standard InChI is InChI=1S/C47H47N5O3/c1-5-6-29-55-42-30-40-25-23-38-9-7-11-43(49-38)51-45(53)27-17-34-13-19-36(20-14-34)47(4,32-33(2)3)37-21-15-35(16-22-37)18-28-46(54)52-44-12-8-10-39(50-44)24-26-41(31-42)48-40/h7-16,19-22,30-31,33H,5-6,17-18,27-29,32H2,1-4H3,(H,49,51,53)(H,50,52,54). The average molecular weight is 730 g/mol. The normalized spacial score (nSPS) is 14.1. The fraction of sp³-hybridized carbons (Fsp3) is 0.298. The van der Waals surface area contributed by atoms with Crippen LogP contribution in [0.15, 0.2) is 97.1 Å². The molecule has 0 radical (unpaired) electrons. The molecule has 0 spiro atoms. The number of amides is 2. The van der Waals surface area contributed by atoms with Crippen LogP contribution in [0.5, 0.6) is 5.75 Å². The van der Waals surface area contributed by atoms with E-state index >= 15 is 0 Å². The molecule has 2 N–H and O–H groups in total. The van der Waals surface area contributed by atoms with Crippen LogP contribution in [0.2, 0.25) is 0 Å². The molecule has 3 aliphatic rings. The number of hydrogen-bond acceptors (Lipinski definition) is 6. The van der Waals surface area contributed by atoms with E-state index in [0.29, 0.717) is 78.4 Å². The highest BCUT2D eigenvalue weighted by Crippen LogP contribution is 2.38. The Morgan fingerprint density at radius 2 is 1.13 bits per heavy atom. The molecule has 5 aromatic rings. The van der Waals surface area contributed by atoms with E-state index in [2.05, 4.69) is 125 Å². The maximum Gasteiger partial charge on any atom is 0.225 e. The number of carbonyl (C=O) groups is 2. The van der Waals surface area contributed by atoms with E-state index < -0.39 is 0 Å². The molecule has 0 fully saturated rings. The van der Waals surface area contributed by atoms with Crippen LogP contribution in [0, 0.1) is 29.6 Å². The number of hydrogen-bond donors (Lipinski definition) is 2. The van der Waals surface area contributed by atoms with Crippen LogP contribution in [0.1, 0.15) is 105 Å². The molecule has 2 amide bonds. The molecule has 8 rings (SSSR count). The summed E-state index contributed by atoms with van der Waals surface area (Å²) in [6, 6.07) is 31.5. The summed E-state index contributed by atoms with van der Waals surface area (Å²) in [4.78, 5) is 39.8. The number of nitrogens with one attached hydrogen (secondary N) is 2. The van der Waals surface area contributed by atoms with Crippen LogP contribution in [-0.4, -0.2) is 33.4 Å². The van der Waals surface area contributed by atoms with E-state index in [1.165, 1.54) is 11.1 Å². The maximum atomic E-state index is 13.0. The molecule has 0 unspecified atom stereocenters. The minimum Gasteiger partial charge on any atom is -0.493 e. The van der Waals surface area contributed by atoms with Crippen molar-refractivity contribution in [1.82, 2.24) is 15.0 Å². The lowest BCUT2D eigenvalue weighted by molar-refractivity contribution is -0.117. The van der Waals surface area contributed by atoms with E-state index in [1.807, 2.05) is 12.1 Å². The minimum atomic E-state index is -0.206. The zero-order valence-corrected chi connectivity index (χ0v) is 32.0. The lowest BCUT2D eigenvalue weighted by atomic mass is 9.71. The Morgan fingerprint density at radius 3 is 1.58 bits per heavy atom. The Hall–Kier alpha value is -6.25. The second-order valence-corrected chi connectivity index (χ2v) is 14.5. The first-order chi connectivity index (χ1) is 26.6. The number of rotatable bonds is 6. The van der Waals surface area contributed by atoms with Gasteiger partial charge in [0.05, 0.1) is 6.61 Å². The largest absolute Gasteiger partial charge is 0.493 e. The molecule has 0 aliphatic carbocycles. The molecular weight excluding hydrogens is 683 g/mol. The summed E-state index contributed by atoms with van der Waals surface area (Å²) in [5.74, 6) is 14.0. The molecular formula is C47H47N5O3. The summed E-state index contributed by atoms with van der Waals surface area (Å²) in [5, 5.41) is 5.86. The van der Waals surface area contributed by atoms with Gasteiger partial charge in [0.1, 0.15) is 40.2 Å². The van der Waals surface area contributed by atoms with Gasteiger partial charge < -0.3 is 15.4 Å². The number of nitrogens with zero attached hydrogens (tertiary/aromatic N) is 3. The molecule has 6 heterocycles. The Morgan fingerprint density at radius 1 is 0.655 bits per heavy atom. The Balaban J connectivity index is 1.31. The quantitative estimate of drug-likeness (QED) is 0.134. The van der Waals surface area contributed by atoms with Gasteiger partial charge in [-0.15, -0.1) is 0 Å². The summed E-state index contributed by atoms with van der Waals surface area (Å²) < 4.78 is 6.00. The lowest BCUT2D eigenvalue weighted by Gasteiger charge is -2.33. The van der Waals surface area contributed by atoms with Gasteiger partial charge in [-0.2, -0.15) is 0 Å². The van der Waals surface area contributed by atoms with Gasteiger partial charge in [-0.3, -0.25) is 9.59 Å². The first-order valence-electron chi connectivity index (χ1n) is 19.1. The van der Waals surface area contributed by atoms with Crippen molar-refractivity contribution in [3.63, 3.8) is 0 Å². The van der Waals surface area contributed by atoms with Crippen molar-refractivity contribution in [2.24, 2.45) is 5.92 Å². The molecule has 0 saturated carbocycles. The predicted molar refractivity (Wildman–Crippen MR) is 218 cm³/mol. The van der Waals surface area contributed by atoms with Gasteiger partial charge in [0, 0.05) is 30.4 Å². The molecule has 0 saturated heterocycles. The van der Waals surface area contributed by atoms with Gasteiger partial charge in [-0.05, 0) is 102 Å². The fourth-order valence-corrected chi connectivity index (χ4v) is 6.68. The van der Waals surface area contributed by atoms with Gasteiger partial charge in [0.25, 0.3) is 0 Å². The lowest BCUT2D eigenvalue weighted by Crippen LogP contribution is -2.26. The van der Waals surface area contributed by atoms with Crippen LogP contribution in [0.25, 0.3) is 0 Å². The first kappa shape index (κ1) is 38.5. The highest BCUT2D eigenvalue weighted by Gasteiger charge is 2.30. The van der Waals surface area contributed by atoms with Gasteiger partial charge in [0.2, 0.25) is 11.8 Å². The molecule has 0 atom stereocenters. The van der Waals surface area contributed by atoms with Gasteiger partial charge >= 0.3 is 0 Å². The number of benzene rings is 2. The first-order valence-corrected chi connectivity index (χ1v) is 19.1. The van der Waals surface area contributed by atoms with Crippen molar-refractivity contribution in [2.45, 2.75) is 78.1 Å². The van der Waals surface area contributed by atoms with Crippen molar-refractivity contribution in [2.75, 3.05) is 17.2 Å². The number of unbranched alkanes of at least 4 members (excludes halogenated alkanes) is 1. The smallest absolute Gasteiger partial charge is 0.225 e. The number of ether oxygens (including phenoxy) is 1. The fourth-order valence-electron chi connectivity index (χ4n) is 6.68. The number of anilines is 2. The Labute approximate surface area is 324 Å². The number of pyridine rings is 3. The van der Waals surface area contributed by atoms with E-state index in [-0.39, 0.29) is 17.2 Å². The second kappa shape index (κ2) is 18.2. The van der Waals surface area contributed by atoms with Crippen LogP contribution >= 0.6 is 0 Å². The monoisotopic (exact) mass is 729 g/mol. The molecule has 3 aliphatic heterocycles. The van der Waals surface area contributed by atoms with Crippen LogP contribution < -0.4 is 15.4 Å². The van der Waals surface area contributed by atoms with Crippen molar-refractivity contribution in [3.8, 4) is 29.4 Å². The highest BCUT2D eigenvalue weighted by atomic mass is 16.5. The van der Waals surface area contributed by atoms with Crippen molar-refractivity contribution < 1.29 is 14.3 Å². The van der Waals surface area contributed by atoms with Gasteiger partial charge in [-0.1, -0.05) is 94.8 Å². The van der Waals surface area contributed by atoms with E-state index in [0.717, 1.165) is 30.4 Å². The van der Waals surface area contributed by atoms with Gasteiger partial charge in [0.15, 0.2) is 0 Å². The summed E-state index contributed by atoms with van der Waals surface area (Å²) in [7, 11) is 0. The van der Waals surface area contributed by atoms with Crippen molar-refractivity contribution >= 4 is 23.5 Å². The number of aryl methyl sites for hydroxylation is 2. The predicted octanol–water partition coefficient (Wildman–Crippen LogP) is 8.66. The number of aromatic nitrogens is 3. The summed E-state index contributed by atoms with van der Waals surface area (Å²) >= 11 is 0. The average Bonchev–Trinajstić information content (AvgIpc) is 3.18. The van der Waals surface area contributed by atoms with Crippen molar-refractivity contribution in [1.29, 1.82) is 0 Å². The third-order valence-corrected chi connectivity index (χ3v) is 9.52. The third kappa shape index (κ3) is 10.9. The maximum absolute atomic E-state index is 13.0. The van der Waals surface area contributed by atoms with Crippen LogP contribution in [-0.2, 0) is 27.8 Å². The molecule has 278 valence electrons. The number of fused-ring (bicyclic) bond motifs is 2. The molecule has 55 heavy (non-hydrogen) atoms. The minimum absolute atomic E-state index is 0.120. The number of carbonyl (C=O) groups excluding carboxylic acids is 2. The van der Waals surface area contributed by atoms with Crippen molar-refractivity contribution in [3.05, 3.63) is 142 Å². The topological polar surface area (TPSA) is 106 Å². The molecule has 3 aromatic heterocycles. The van der Waals surface area contributed by atoms with Gasteiger partial charge in [-0.25, -0.2) is 15.0 Å². The zero-order valence-electron chi connectivity index (χ0n) is 32.0. The molecule has 8 nitrogen and oxygen atoms in total. The summed E-state index contributed by atoms with van der Waals surface area (Å²) in [6.45, 7) is 9.45. The van der Waals surface area contributed by atoms with E-state index in [4.69, 9.17) is 4.74 Å². The molecule has 2 aromatic carbocycles. The Kier molecular flexibility index (Phi) is 12.7. The second-order valence-electron chi connectivity index (χ2n) is 14.5. The van der Waals surface area contributed by atoms with E-state index in [1.54, 1.807) is 36.4 Å². The molecule has 8 heteroatoms. The highest BCUT2D eigenvalue weighted by molar-refractivity contribution is 5.90. The summed E-state index contributed by atoms with van der Waals surface area (Å²) in [6.07, 6.45) is 4.72. The van der Waals surface area contributed by atoms with E-state index in [9.17, 15) is 9.59 Å². The third-order valence-electron chi connectivity index (χ3n) is 9.52. The molecule has 10 bridgehead atoms. The van der Waals surface area contributed by atoms with Crippen LogP contribution in [0.3, 0.4) is 0 Å².